The Bertz CT molecular complexity index is 416. The van der Waals surface area contributed by atoms with Crippen LogP contribution >= 0.6 is 0 Å². The standard InChI is InChI=1S/C18H32N2O/c1-7-15(8-2)13-20(9-3)16-11-10-12-17(21-6)18(16)14(4)19-5/h10-12,14-15,19H,7-9,13H2,1-6H3. The molecule has 1 N–H and O–H groups in total. The Labute approximate surface area is 130 Å². The Balaban J connectivity index is 3.18. The van der Waals surface area contributed by atoms with Crippen LogP contribution in [0, 0.1) is 5.92 Å². The van der Waals surface area contributed by atoms with Crippen LogP contribution in [0.15, 0.2) is 18.2 Å². The van der Waals surface area contributed by atoms with Crippen LogP contribution in [0.1, 0.15) is 52.1 Å². The summed E-state index contributed by atoms with van der Waals surface area (Å²) < 4.78 is 5.59. The van der Waals surface area contributed by atoms with Crippen molar-refractivity contribution in [3.63, 3.8) is 0 Å². The average Bonchev–Trinajstić information content (AvgIpc) is 2.54. The molecule has 1 aromatic carbocycles. The maximum Gasteiger partial charge on any atom is 0.125 e. The van der Waals surface area contributed by atoms with E-state index in [-0.39, 0.29) is 6.04 Å². The summed E-state index contributed by atoms with van der Waals surface area (Å²) in [6.07, 6.45) is 2.46. The molecule has 0 aliphatic heterocycles. The largest absolute Gasteiger partial charge is 0.496 e. The van der Waals surface area contributed by atoms with E-state index in [1.54, 1.807) is 7.11 Å². The van der Waals surface area contributed by atoms with E-state index < -0.39 is 0 Å². The fraction of sp³-hybridized carbons (Fsp3) is 0.667. The molecule has 0 heterocycles. The lowest BCUT2D eigenvalue weighted by Crippen LogP contribution is -2.31. The van der Waals surface area contributed by atoms with Crippen molar-refractivity contribution in [1.82, 2.24) is 5.32 Å². The molecule has 0 bridgehead atoms. The first kappa shape index (κ1) is 17.8. The molecule has 21 heavy (non-hydrogen) atoms. The molecule has 3 heteroatoms. The molecule has 1 rings (SSSR count). The van der Waals surface area contributed by atoms with Gasteiger partial charge < -0.3 is 15.0 Å². The van der Waals surface area contributed by atoms with Gasteiger partial charge in [0.2, 0.25) is 0 Å². The summed E-state index contributed by atoms with van der Waals surface area (Å²) in [6, 6.07) is 6.64. The van der Waals surface area contributed by atoms with Gasteiger partial charge in [-0.1, -0.05) is 32.8 Å². The van der Waals surface area contributed by atoms with Gasteiger partial charge in [0.1, 0.15) is 5.75 Å². The number of anilines is 1. The van der Waals surface area contributed by atoms with Gasteiger partial charge in [-0.25, -0.2) is 0 Å². The van der Waals surface area contributed by atoms with E-state index in [4.69, 9.17) is 4.74 Å². The molecule has 3 nitrogen and oxygen atoms in total. The summed E-state index contributed by atoms with van der Waals surface area (Å²) in [5.41, 5.74) is 2.56. The SMILES string of the molecule is CCC(CC)CN(CC)c1cccc(OC)c1C(C)NC. The second-order valence-corrected chi connectivity index (χ2v) is 5.62. The van der Waals surface area contributed by atoms with Crippen LogP contribution in [0.4, 0.5) is 5.69 Å². The first-order valence-electron chi connectivity index (χ1n) is 8.21. The van der Waals surface area contributed by atoms with E-state index in [1.807, 2.05) is 7.05 Å². The molecule has 0 spiro atoms. The van der Waals surface area contributed by atoms with Crippen molar-refractivity contribution in [1.29, 1.82) is 0 Å². The maximum atomic E-state index is 5.59. The van der Waals surface area contributed by atoms with E-state index in [0.29, 0.717) is 0 Å². The Morgan fingerprint density at radius 2 is 1.86 bits per heavy atom. The number of benzene rings is 1. The number of ether oxygens (including phenoxy) is 1. The highest BCUT2D eigenvalue weighted by atomic mass is 16.5. The second kappa shape index (κ2) is 8.93. The summed E-state index contributed by atoms with van der Waals surface area (Å²) >= 11 is 0. The van der Waals surface area contributed by atoms with Crippen molar-refractivity contribution in [2.45, 2.75) is 46.6 Å². The zero-order valence-corrected chi connectivity index (χ0v) is 14.6. The molecular weight excluding hydrogens is 260 g/mol. The molecule has 1 unspecified atom stereocenters. The highest BCUT2D eigenvalue weighted by molar-refractivity contribution is 5.60. The van der Waals surface area contributed by atoms with Crippen LogP contribution in [-0.2, 0) is 0 Å². The Kier molecular flexibility index (Phi) is 7.58. The number of methoxy groups -OCH3 is 1. The topological polar surface area (TPSA) is 24.5 Å². The minimum Gasteiger partial charge on any atom is -0.496 e. The molecule has 0 aliphatic carbocycles. The van der Waals surface area contributed by atoms with E-state index in [2.05, 4.69) is 56.1 Å². The fourth-order valence-electron chi connectivity index (χ4n) is 2.82. The lowest BCUT2D eigenvalue weighted by atomic mass is 9.99. The predicted octanol–water partition coefficient (Wildman–Crippen LogP) is 4.24. The number of hydrogen-bond donors (Lipinski definition) is 1. The smallest absolute Gasteiger partial charge is 0.125 e. The molecule has 1 atom stereocenters. The van der Waals surface area contributed by atoms with Crippen LogP contribution in [0.5, 0.6) is 5.75 Å². The number of hydrogen-bond acceptors (Lipinski definition) is 3. The third-order valence-electron chi connectivity index (χ3n) is 4.48. The van der Waals surface area contributed by atoms with Crippen molar-refractivity contribution < 1.29 is 4.74 Å². The Hall–Kier alpha value is -1.22. The highest BCUT2D eigenvalue weighted by Crippen LogP contribution is 2.35. The van der Waals surface area contributed by atoms with E-state index >= 15 is 0 Å². The monoisotopic (exact) mass is 292 g/mol. The zero-order valence-electron chi connectivity index (χ0n) is 14.6. The van der Waals surface area contributed by atoms with Gasteiger partial charge >= 0.3 is 0 Å². The van der Waals surface area contributed by atoms with Gasteiger partial charge in [0.25, 0.3) is 0 Å². The molecule has 0 aromatic heterocycles. The number of nitrogens with zero attached hydrogens (tertiary/aromatic N) is 1. The summed E-state index contributed by atoms with van der Waals surface area (Å²) in [5, 5.41) is 3.35. The normalized spacial score (nSPS) is 12.5. The molecule has 0 radical (unpaired) electrons. The van der Waals surface area contributed by atoms with E-state index in [0.717, 1.165) is 24.8 Å². The Morgan fingerprint density at radius 1 is 1.19 bits per heavy atom. The van der Waals surface area contributed by atoms with Crippen LogP contribution in [-0.4, -0.2) is 27.2 Å². The van der Waals surface area contributed by atoms with Crippen LogP contribution in [0.3, 0.4) is 0 Å². The quantitative estimate of drug-likeness (QED) is 0.737. The van der Waals surface area contributed by atoms with Crippen LogP contribution in [0.2, 0.25) is 0 Å². The van der Waals surface area contributed by atoms with Gasteiger partial charge in [-0.2, -0.15) is 0 Å². The maximum absolute atomic E-state index is 5.59. The second-order valence-electron chi connectivity index (χ2n) is 5.62. The molecular formula is C18H32N2O. The van der Waals surface area contributed by atoms with Crippen molar-refractivity contribution >= 4 is 5.69 Å². The van der Waals surface area contributed by atoms with Crippen LogP contribution in [0.25, 0.3) is 0 Å². The Morgan fingerprint density at radius 3 is 2.33 bits per heavy atom. The van der Waals surface area contributed by atoms with Crippen molar-refractivity contribution in [3.05, 3.63) is 23.8 Å². The zero-order chi connectivity index (χ0) is 15.8. The van der Waals surface area contributed by atoms with Crippen molar-refractivity contribution in [2.24, 2.45) is 5.92 Å². The molecule has 0 fully saturated rings. The van der Waals surface area contributed by atoms with Gasteiger partial charge in [-0.15, -0.1) is 0 Å². The molecule has 0 saturated heterocycles. The molecule has 0 amide bonds. The molecule has 0 aliphatic rings. The minimum atomic E-state index is 0.270. The molecule has 1 aromatic rings. The summed E-state index contributed by atoms with van der Waals surface area (Å²) in [4.78, 5) is 2.49. The van der Waals surface area contributed by atoms with Gasteiger partial charge in [0.15, 0.2) is 0 Å². The molecule has 0 saturated carbocycles. The first-order valence-corrected chi connectivity index (χ1v) is 8.21. The first-order chi connectivity index (χ1) is 10.1. The molecule has 120 valence electrons. The number of rotatable bonds is 9. The third-order valence-corrected chi connectivity index (χ3v) is 4.48. The lowest BCUT2D eigenvalue weighted by Gasteiger charge is -2.31. The van der Waals surface area contributed by atoms with Crippen LogP contribution < -0.4 is 15.0 Å². The lowest BCUT2D eigenvalue weighted by molar-refractivity contribution is 0.403. The summed E-state index contributed by atoms with van der Waals surface area (Å²) in [7, 11) is 3.75. The number of nitrogens with one attached hydrogen (secondary N) is 1. The minimum absolute atomic E-state index is 0.270. The van der Waals surface area contributed by atoms with Gasteiger partial charge in [-0.3, -0.25) is 0 Å². The van der Waals surface area contributed by atoms with Crippen molar-refractivity contribution in [2.75, 3.05) is 32.1 Å². The van der Waals surface area contributed by atoms with Gasteiger partial charge in [0.05, 0.1) is 7.11 Å². The van der Waals surface area contributed by atoms with Crippen molar-refractivity contribution in [3.8, 4) is 5.75 Å². The van der Waals surface area contributed by atoms with E-state index in [9.17, 15) is 0 Å². The van der Waals surface area contributed by atoms with E-state index in [1.165, 1.54) is 24.1 Å². The predicted molar refractivity (Wildman–Crippen MR) is 92.4 cm³/mol. The van der Waals surface area contributed by atoms with Gasteiger partial charge in [-0.05, 0) is 38.9 Å². The average molecular weight is 292 g/mol. The summed E-state index contributed by atoms with van der Waals surface area (Å²) in [6.45, 7) is 11.1. The van der Waals surface area contributed by atoms with Gasteiger partial charge in [0, 0.05) is 30.4 Å². The third kappa shape index (κ3) is 4.37. The summed E-state index contributed by atoms with van der Waals surface area (Å²) in [5.74, 6) is 1.71. The highest BCUT2D eigenvalue weighted by Gasteiger charge is 2.20. The fourth-order valence-corrected chi connectivity index (χ4v) is 2.82.